The molecule has 0 aromatic rings. The summed E-state index contributed by atoms with van der Waals surface area (Å²) < 4.78 is 110. The number of hydrogen-bond donors (Lipinski definition) is 5. The first-order valence-corrected chi connectivity index (χ1v) is 36.4. The van der Waals surface area contributed by atoms with Crippen LogP contribution in [0.1, 0.15) is 93.4 Å². The highest BCUT2D eigenvalue weighted by Gasteiger charge is 2.48. The summed E-state index contributed by atoms with van der Waals surface area (Å²) in [5.41, 5.74) is -9.98. The molecule has 2 saturated carbocycles. The third-order valence-electron chi connectivity index (χ3n) is 12.4. The van der Waals surface area contributed by atoms with E-state index in [0.717, 1.165) is 13.0 Å². The number of esters is 1. The molecule has 0 aromatic heterocycles. The first-order valence-electron chi connectivity index (χ1n) is 25.6. The number of halogens is 3. The van der Waals surface area contributed by atoms with Crippen LogP contribution in [0, 0.1) is 27.1 Å². The van der Waals surface area contributed by atoms with Gasteiger partial charge in [0.1, 0.15) is 26.4 Å². The molecule has 6 unspecified atom stereocenters. The number of alkyl carbamates (subject to hydrolysis) is 4. The lowest BCUT2D eigenvalue weighted by molar-refractivity contribution is -0.233. The van der Waals surface area contributed by atoms with Crippen molar-refractivity contribution in [2.24, 2.45) is 31.5 Å². The molecule has 2 fully saturated rings. The SMILES string of the molecule is C=CC(=O)OCCOC(=O)NCC1(C)CC(NC(=O)OC(COCCC[Si](C)(O[Si](C)(C)C)O[Si](C)(C)C)COC(=O)NCC2(C)CC(NC(=O)OCC(C)(CO)/C([O-])=N/S(=O)(=O)C(F)(F)F)CC(C)(C)C2)CC(C)(C)C1. The average molecular weight is 1180 g/mol. The molecule has 0 bridgehead atoms. The number of sulfonamides is 1. The number of ether oxygens (including phenoxy) is 6. The number of aliphatic hydroxyl groups excluding tert-OH is 1. The van der Waals surface area contributed by atoms with Crippen molar-refractivity contribution in [1.29, 1.82) is 0 Å². The van der Waals surface area contributed by atoms with Gasteiger partial charge in [-0.05, 0) is 131 Å². The summed E-state index contributed by atoms with van der Waals surface area (Å²) in [5.74, 6) is -2.50. The van der Waals surface area contributed by atoms with E-state index < -0.39 is 131 Å². The summed E-state index contributed by atoms with van der Waals surface area (Å²) in [6, 6.07) is -0.291. The summed E-state index contributed by atoms with van der Waals surface area (Å²) in [6.45, 7) is 28.4. The van der Waals surface area contributed by atoms with Gasteiger partial charge in [0, 0.05) is 37.9 Å². The van der Waals surface area contributed by atoms with E-state index in [1.165, 1.54) is 0 Å². The molecule has 22 nitrogen and oxygen atoms in total. The molecule has 4 amide bonds. The number of alkyl halides is 3. The molecule has 5 N–H and O–H groups in total. The van der Waals surface area contributed by atoms with Gasteiger partial charge < -0.3 is 68.1 Å². The Labute approximate surface area is 455 Å². The van der Waals surface area contributed by atoms with Crippen LogP contribution in [0.3, 0.4) is 0 Å². The molecule has 0 aliphatic heterocycles. The number of carbonyl (C=O) groups is 5. The van der Waals surface area contributed by atoms with Crippen molar-refractivity contribution in [1.82, 2.24) is 21.3 Å². The van der Waals surface area contributed by atoms with Gasteiger partial charge in [0.2, 0.25) is 0 Å². The predicted molar refractivity (Wildman–Crippen MR) is 285 cm³/mol. The van der Waals surface area contributed by atoms with Crippen molar-refractivity contribution in [2.45, 2.75) is 169 Å². The molecule has 2 aliphatic carbocycles. The van der Waals surface area contributed by atoms with Gasteiger partial charge in [-0.1, -0.05) is 48.1 Å². The fourth-order valence-corrected chi connectivity index (χ4v) is 23.4. The normalized spacial score (nSPS) is 23.2. The van der Waals surface area contributed by atoms with E-state index in [4.69, 9.17) is 36.7 Å². The van der Waals surface area contributed by atoms with E-state index in [1.54, 1.807) is 0 Å². The van der Waals surface area contributed by atoms with Crippen LogP contribution in [0.25, 0.3) is 0 Å². The van der Waals surface area contributed by atoms with Gasteiger partial charge in [-0.25, -0.2) is 24.0 Å². The molecule has 6 atom stereocenters. The number of nitrogens with one attached hydrogen (secondary N) is 4. The Hall–Kier alpha value is -4.01. The maximum Gasteiger partial charge on any atom is 0.518 e. The lowest BCUT2D eigenvalue weighted by Gasteiger charge is -2.46. The van der Waals surface area contributed by atoms with Crippen molar-refractivity contribution in [3.05, 3.63) is 12.7 Å². The zero-order chi connectivity index (χ0) is 59.1. The van der Waals surface area contributed by atoms with Crippen LogP contribution in [0.15, 0.2) is 17.1 Å². The van der Waals surface area contributed by atoms with Gasteiger partial charge in [-0.3, -0.25) is 0 Å². The predicted octanol–water partition coefficient (Wildman–Crippen LogP) is 6.95. The maximum absolute atomic E-state index is 13.7. The minimum atomic E-state index is -6.22. The van der Waals surface area contributed by atoms with Crippen molar-refractivity contribution in [3.63, 3.8) is 0 Å². The van der Waals surface area contributed by atoms with Gasteiger partial charge in [-0.2, -0.15) is 26.0 Å². The van der Waals surface area contributed by atoms with Crippen molar-refractivity contribution >= 4 is 71.5 Å². The highest BCUT2D eigenvalue weighted by Crippen LogP contribution is 2.47. The fraction of sp³-hybridized carbons (Fsp3) is 0.833. The van der Waals surface area contributed by atoms with E-state index in [9.17, 15) is 55.8 Å². The number of rotatable bonds is 28. The molecule has 2 rings (SSSR count). The van der Waals surface area contributed by atoms with Crippen LogP contribution in [-0.2, 0) is 51.5 Å². The van der Waals surface area contributed by atoms with Crippen molar-refractivity contribution < 1.29 is 92.4 Å². The third-order valence-corrected chi connectivity index (χ3v) is 23.0. The van der Waals surface area contributed by atoms with E-state index in [1.807, 2.05) is 27.7 Å². The first kappa shape index (κ1) is 69.1. The summed E-state index contributed by atoms with van der Waals surface area (Å²) >= 11 is 0. The number of amides is 4. The number of nitrogens with zero attached hydrogens (tertiary/aromatic N) is 1. The second kappa shape index (κ2) is 27.9. The zero-order valence-electron chi connectivity index (χ0n) is 47.5. The lowest BCUT2D eigenvalue weighted by atomic mass is 9.62. The number of hydrogen-bond acceptors (Lipinski definition) is 17. The van der Waals surface area contributed by atoms with Crippen LogP contribution in [0.5, 0.6) is 0 Å². The molecule has 0 radical (unpaired) electrons. The summed E-state index contributed by atoms with van der Waals surface area (Å²) in [4.78, 5) is 63.8. The molecular formula is C48H87F3N5O17SSi3-. The van der Waals surface area contributed by atoms with Gasteiger partial charge >= 0.3 is 54.4 Å². The molecular weight excluding hydrogens is 1090 g/mol. The number of carbonyl (C=O) groups excluding carboxylic acids is 5. The molecule has 29 heteroatoms. The average Bonchev–Trinajstić information content (AvgIpc) is 3.23. The van der Waals surface area contributed by atoms with Gasteiger partial charge in [0.15, 0.2) is 22.7 Å². The van der Waals surface area contributed by atoms with Gasteiger partial charge in [0.25, 0.3) is 0 Å². The summed E-state index contributed by atoms with van der Waals surface area (Å²) in [7, 11) is -12.7. The van der Waals surface area contributed by atoms with Gasteiger partial charge in [-0.15, -0.1) is 0 Å². The topological polar surface area (TPSA) is 297 Å². The molecule has 0 saturated heterocycles. The fourth-order valence-electron chi connectivity index (χ4n) is 10.4. The molecule has 0 heterocycles. The zero-order valence-corrected chi connectivity index (χ0v) is 51.3. The van der Waals surface area contributed by atoms with Crippen LogP contribution in [0.2, 0.25) is 51.9 Å². The minimum Gasteiger partial charge on any atom is -0.861 e. The maximum atomic E-state index is 13.7. The van der Waals surface area contributed by atoms with E-state index in [0.29, 0.717) is 51.0 Å². The second-order valence-corrected chi connectivity index (χ2v) is 39.4. The summed E-state index contributed by atoms with van der Waals surface area (Å²) in [6.07, 6.45) is 0.213. The largest absolute Gasteiger partial charge is 0.861 e. The Balaban J connectivity index is 2.17. The Bertz CT molecular complexity index is 2150. The molecule has 2 aliphatic rings. The Morgan fingerprint density at radius 1 is 0.740 bits per heavy atom. The molecule has 446 valence electrons. The summed E-state index contributed by atoms with van der Waals surface area (Å²) in [5, 5.41) is 33.4. The van der Waals surface area contributed by atoms with Crippen LogP contribution in [0.4, 0.5) is 32.3 Å². The lowest BCUT2D eigenvalue weighted by Crippen LogP contribution is -2.52. The monoisotopic (exact) mass is 1180 g/mol. The minimum absolute atomic E-state index is 0.0624. The van der Waals surface area contributed by atoms with Crippen LogP contribution < -0.4 is 26.4 Å². The first-order chi connectivity index (χ1) is 34.9. The third kappa shape index (κ3) is 26.2. The molecule has 77 heavy (non-hydrogen) atoms. The Morgan fingerprint density at radius 2 is 1.22 bits per heavy atom. The standard InChI is InChI=1S/C48H88F3N5O17SSi3/c1-16-37(58)67-19-20-68-39(60)52-30-46(7)25-35(23-44(4,5)29-46)55-42(63)71-36(26-66-18-17-21-77(15,72-75(9,10)11)73-76(12,13)14)27-69-40(61)53-31-45(6)24-34(22-43(2,3)28-45)54-41(62)70-33-47(8,32-57)38(59)56-74(64,65)48(49,50)51/h16,34-36,57H,1,17-33H2,2-15H3,(H,52,60)(H,53,61)(H,54,62)(H,55,63)(H,56,59)/p-1. The highest BCUT2D eigenvalue weighted by atomic mass is 32.2. The Morgan fingerprint density at radius 3 is 1.69 bits per heavy atom. The van der Waals surface area contributed by atoms with Crippen molar-refractivity contribution in [3.8, 4) is 0 Å². The highest BCUT2D eigenvalue weighted by molar-refractivity contribution is 7.91. The van der Waals surface area contributed by atoms with Gasteiger partial charge in [0.05, 0.1) is 18.6 Å². The van der Waals surface area contributed by atoms with Crippen LogP contribution in [-0.4, -0.2) is 158 Å². The van der Waals surface area contributed by atoms with Crippen LogP contribution >= 0.6 is 0 Å². The van der Waals surface area contributed by atoms with E-state index in [-0.39, 0.29) is 51.0 Å². The number of aliphatic hydroxyl groups is 1. The molecule has 0 aromatic carbocycles. The smallest absolute Gasteiger partial charge is 0.518 e. The quantitative estimate of drug-likeness (QED) is 0.0101. The van der Waals surface area contributed by atoms with Crippen molar-refractivity contribution in [2.75, 3.05) is 59.3 Å². The second-order valence-electron chi connectivity index (χ2n) is 25.0. The molecule has 0 spiro atoms. The Kier molecular flexibility index (Phi) is 25.1. The van der Waals surface area contributed by atoms with E-state index >= 15 is 0 Å². The van der Waals surface area contributed by atoms with E-state index in [2.05, 4.69) is 91.9 Å².